The molecule has 4 amide bonds. The molecular weight excluding hydrogens is 658 g/mol. The molecule has 1 aliphatic carbocycles. The number of nitrogens with one attached hydrogen (secondary N) is 4. The summed E-state index contributed by atoms with van der Waals surface area (Å²) in [5, 5.41) is 13.1. The van der Waals surface area contributed by atoms with Crippen LogP contribution in [0.4, 0.5) is 4.79 Å². The molecule has 6 N–H and O–H groups in total. The van der Waals surface area contributed by atoms with Crippen molar-refractivity contribution >= 4 is 46.5 Å². The molecule has 280 valence electrons. The number of esters is 3. The summed E-state index contributed by atoms with van der Waals surface area (Å²) >= 11 is 0. The predicted molar refractivity (Wildman–Crippen MR) is 190 cm³/mol. The minimum atomic E-state index is -1.14. The topological polar surface area (TPSA) is 204 Å². The number of unbranched alkanes of at least 4 members (excludes halogenated alkanes) is 1. The summed E-state index contributed by atoms with van der Waals surface area (Å²) in [6.45, 7) is 2.62. The number of fused-ring (bicyclic) bond motifs is 1. The number of carbonyl (C=O) groups is 6. The summed E-state index contributed by atoms with van der Waals surface area (Å²) < 4.78 is 14.4. The molecule has 0 aliphatic heterocycles. The van der Waals surface area contributed by atoms with E-state index in [-0.39, 0.29) is 50.1 Å². The van der Waals surface area contributed by atoms with Crippen LogP contribution in [-0.2, 0) is 44.6 Å². The largest absolute Gasteiger partial charge is 0.469 e. The van der Waals surface area contributed by atoms with Gasteiger partial charge in [0.25, 0.3) is 0 Å². The number of urea groups is 1. The third-order valence-corrected chi connectivity index (χ3v) is 9.19. The van der Waals surface area contributed by atoms with Crippen molar-refractivity contribution in [3.63, 3.8) is 0 Å². The average Bonchev–Trinajstić information content (AvgIpc) is 3.14. The van der Waals surface area contributed by atoms with Crippen molar-refractivity contribution in [2.24, 2.45) is 17.6 Å². The van der Waals surface area contributed by atoms with E-state index in [4.69, 9.17) is 15.2 Å². The molecule has 1 fully saturated rings. The van der Waals surface area contributed by atoms with Gasteiger partial charge in [-0.3, -0.25) is 14.4 Å². The molecule has 14 heteroatoms. The lowest BCUT2D eigenvalue weighted by Gasteiger charge is -2.28. The summed E-state index contributed by atoms with van der Waals surface area (Å²) in [4.78, 5) is 76.0. The van der Waals surface area contributed by atoms with Crippen molar-refractivity contribution < 1.29 is 43.0 Å². The number of nitrogens with two attached hydrogens (primary N) is 1. The molecule has 0 spiro atoms. The molecule has 1 saturated carbocycles. The second-order valence-electron chi connectivity index (χ2n) is 12.8. The Balaban J connectivity index is 1.58. The van der Waals surface area contributed by atoms with E-state index in [0.717, 1.165) is 49.1 Å². The Morgan fingerprint density at radius 3 is 2.14 bits per heavy atom. The van der Waals surface area contributed by atoms with Crippen LogP contribution in [0, 0.1) is 11.8 Å². The van der Waals surface area contributed by atoms with Gasteiger partial charge < -0.3 is 41.2 Å². The Hall–Kier alpha value is -4.72. The molecule has 14 nitrogen and oxygen atoms in total. The number of benzene rings is 2. The van der Waals surface area contributed by atoms with Crippen LogP contribution in [0.25, 0.3) is 10.8 Å². The van der Waals surface area contributed by atoms with Crippen LogP contribution in [0.5, 0.6) is 0 Å². The molecule has 51 heavy (non-hydrogen) atoms. The molecule has 0 radical (unpaired) electrons. The zero-order valence-corrected chi connectivity index (χ0v) is 29.9. The monoisotopic (exact) mass is 711 g/mol. The highest BCUT2D eigenvalue weighted by Gasteiger charge is 2.30. The van der Waals surface area contributed by atoms with Crippen LogP contribution in [0.15, 0.2) is 42.5 Å². The van der Waals surface area contributed by atoms with E-state index in [0.29, 0.717) is 31.7 Å². The third kappa shape index (κ3) is 13.5. The maximum absolute atomic E-state index is 13.5. The Kier molecular flexibility index (Phi) is 17.2. The number of ether oxygens (including phenoxy) is 3. The molecule has 2 aromatic rings. The van der Waals surface area contributed by atoms with Crippen molar-refractivity contribution in [3.05, 3.63) is 48.0 Å². The van der Waals surface area contributed by atoms with E-state index < -0.39 is 42.1 Å². The zero-order valence-electron chi connectivity index (χ0n) is 29.9. The number of methoxy groups -OCH3 is 2. The SMILES string of the molecule is CCOC(=O)C(CCCCNC(=O)C(Cc1ccc2ccccc2c1)NC(=O)C1CCC(CN)CC1)NC(=O)NC(CCC(=O)OC)C(=O)OC. The number of carbonyl (C=O) groups excluding carboxylic acids is 6. The molecule has 3 atom stereocenters. The van der Waals surface area contributed by atoms with Crippen molar-refractivity contribution in [1.29, 1.82) is 0 Å². The second-order valence-corrected chi connectivity index (χ2v) is 12.8. The fraction of sp³-hybridized carbons (Fsp3) is 0.568. The molecule has 0 bridgehead atoms. The Labute approximate surface area is 299 Å². The number of hydrogen-bond donors (Lipinski definition) is 5. The Morgan fingerprint density at radius 2 is 1.49 bits per heavy atom. The van der Waals surface area contributed by atoms with Gasteiger partial charge in [0.1, 0.15) is 18.1 Å². The summed E-state index contributed by atoms with van der Waals surface area (Å²) in [5.41, 5.74) is 6.75. The van der Waals surface area contributed by atoms with Crippen molar-refractivity contribution in [2.45, 2.75) is 89.3 Å². The molecule has 0 heterocycles. The first-order valence-corrected chi connectivity index (χ1v) is 17.7. The Morgan fingerprint density at radius 1 is 0.804 bits per heavy atom. The minimum absolute atomic E-state index is 0.0613. The lowest BCUT2D eigenvalue weighted by molar-refractivity contribution is -0.145. The standard InChI is InChI=1S/C37H53N5O9/c1-4-51-36(47)29(41-37(48)42-30(35(46)50-3)18-19-32(43)49-2)11-7-8-20-39-34(45)31(40-33(44)27-16-12-24(23-38)13-17-27)22-25-14-15-26-9-5-6-10-28(26)21-25/h5-6,9-10,14-15,21,24,27,29-31H,4,7-8,11-13,16-20,22-23,38H2,1-3H3,(H,39,45)(H,40,44)(H2,41,42,48). The highest BCUT2D eigenvalue weighted by Crippen LogP contribution is 2.28. The van der Waals surface area contributed by atoms with E-state index in [1.54, 1.807) is 6.92 Å². The van der Waals surface area contributed by atoms with Crippen LogP contribution >= 0.6 is 0 Å². The van der Waals surface area contributed by atoms with Crippen LogP contribution < -0.4 is 27.0 Å². The molecule has 0 saturated heterocycles. The van der Waals surface area contributed by atoms with Gasteiger partial charge >= 0.3 is 23.9 Å². The van der Waals surface area contributed by atoms with Gasteiger partial charge in [0, 0.05) is 25.3 Å². The van der Waals surface area contributed by atoms with Crippen molar-refractivity contribution in [1.82, 2.24) is 21.3 Å². The first-order valence-electron chi connectivity index (χ1n) is 17.7. The van der Waals surface area contributed by atoms with Crippen LogP contribution in [0.1, 0.15) is 70.3 Å². The summed E-state index contributed by atoms with van der Waals surface area (Å²) in [5.74, 6) is -2.16. The molecule has 3 unspecified atom stereocenters. The van der Waals surface area contributed by atoms with E-state index in [1.807, 2.05) is 42.5 Å². The normalized spacial score (nSPS) is 17.3. The predicted octanol–water partition coefficient (Wildman–Crippen LogP) is 2.64. The summed E-state index contributed by atoms with van der Waals surface area (Å²) in [6, 6.07) is 10.2. The van der Waals surface area contributed by atoms with E-state index in [2.05, 4.69) is 26.0 Å². The number of hydrogen-bond acceptors (Lipinski definition) is 10. The van der Waals surface area contributed by atoms with Gasteiger partial charge in [0.15, 0.2) is 0 Å². The summed E-state index contributed by atoms with van der Waals surface area (Å²) in [7, 11) is 2.37. The quantitative estimate of drug-likeness (QED) is 0.0819. The molecular formula is C37H53N5O9. The van der Waals surface area contributed by atoms with Gasteiger partial charge in [0.05, 0.1) is 20.8 Å². The lowest BCUT2D eigenvalue weighted by atomic mass is 9.81. The molecule has 2 aromatic carbocycles. The Bertz CT molecular complexity index is 1480. The van der Waals surface area contributed by atoms with Crippen molar-refractivity contribution in [3.8, 4) is 0 Å². The molecule has 3 rings (SSSR count). The number of rotatable bonds is 19. The van der Waals surface area contributed by atoms with Gasteiger partial charge in [-0.15, -0.1) is 0 Å². The minimum Gasteiger partial charge on any atom is -0.469 e. The van der Waals surface area contributed by atoms with Gasteiger partial charge in [-0.2, -0.15) is 0 Å². The van der Waals surface area contributed by atoms with Crippen LogP contribution in [0.2, 0.25) is 0 Å². The first-order chi connectivity index (χ1) is 24.6. The van der Waals surface area contributed by atoms with Gasteiger partial charge in [-0.25, -0.2) is 14.4 Å². The smallest absolute Gasteiger partial charge is 0.328 e. The van der Waals surface area contributed by atoms with Gasteiger partial charge in [-0.05, 0) is 87.1 Å². The van der Waals surface area contributed by atoms with E-state index in [1.165, 1.54) is 7.11 Å². The highest BCUT2D eigenvalue weighted by atomic mass is 16.5. The molecule has 1 aliphatic rings. The zero-order chi connectivity index (χ0) is 37.2. The van der Waals surface area contributed by atoms with Gasteiger partial charge in [-0.1, -0.05) is 42.5 Å². The van der Waals surface area contributed by atoms with Crippen LogP contribution in [0.3, 0.4) is 0 Å². The highest BCUT2D eigenvalue weighted by molar-refractivity contribution is 5.89. The van der Waals surface area contributed by atoms with E-state index in [9.17, 15) is 28.8 Å². The fourth-order valence-corrected chi connectivity index (χ4v) is 6.17. The summed E-state index contributed by atoms with van der Waals surface area (Å²) in [6.07, 6.45) is 4.47. The lowest BCUT2D eigenvalue weighted by Crippen LogP contribution is -2.51. The third-order valence-electron chi connectivity index (χ3n) is 9.19. The second kappa shape index (κ2) is 21.5. The van der Waals surface area contributed by atoms with E-state index >= 15 is 0 Å². The molecule has 0 aromatic heterocycles. The van der Waals surface area contributed by atoms with Crippen LogP contribution in [-0.4, -0.2) is 87.8 Å². The van der Waals surface area contributed by atoms with Gasteiger partial charge in [0.2, 0.25) is 11.8 Å². The fourth-order valence-electron chi connectivity index (χ4n) is 6.17. The average molecular weight is 712 g/mol. The first kappa shape index (κ1) is 40.7. The maximum atomic E-state index is 13.5. The van der Waals surface area contributed by atoms with Crippen molar-refractivity contribution in [2.75, 3.05) is 33.9 Å². The maximum Gasteiger partial charge on any atom is 0.328 e. The number of amides is 4.